The number of aryl methyl sites for hydroxylation is 1. The predicted octanol–water partition coefficient (Wildman–Crippen LogP) is 2.91. The standard InChI is InChI=1S/C21H25N3O3S/c1-3-4-8-18(21(25)22-14-16-12-10-15(2)11-13-16)23-20-17-7-5-6-9-19(17)28(26,27)24-20/h5-7,9-13,18H,3-4,8,14H2,1-2H3,(H,22,25)(H,23,24). The van der Waals surface area contributed by atoms with Crippen LogP contribution in [0.2, 0.25) is 0 Å². The van der Waals surface area contributed by atoms with Crippen LogP contribution in [-0.2, 0) is 21.4 Å². The highest BCUT2D eigenvalue weighted by atomic mass is 32.2. The number of sulfonamides is 1. The summed E-state index contributed by atoms with van der Waals surface area (Å²) in [6.07, 6.45) is 2.31. The van der Waals surface area contributed by atoms with Crippen molar-refractivity contribution in [2.24, 2.45) is 4.99 Å². The molecule has 0 aromatic heterocycles. The van der Waals surface area contributed by atoms with E-state index in [2.05, 4.69) is 15.0 Å². The lowest BCUT2D eigenvalue weighted by atomic mass is 10.1. The number of hydrogen-bond acceptors (Lipinski definition) is 4. The number of carbonyl (C=O) groups is 1. The Balaban J connectivity index is 1.79. The number of unbranched alkanes of at least 4 members (excludes halogenated alkanes) is 1. The number of nitrogens with zero attached hydrogens (tertiary/aromatic N) is 1. The van der Waals surface area contributed by atoms with E-state index >= 15 is 0 Å². The van der Waals surface area contributed by atoms with E-state index in [-0.39, 0.29) is 16.6 Å². The average Bonchev–Trinajstić information content (AvgIpc) is 2.95. The van der Waals surface area contributed by atoms with Crippen molar-refractivity contribution in [3.63, 3.8) is 0 Å². The summed E-state index contributed by atoms with van der Waals surface area (Å²) in [6, 6.07) is 14.0. The van der Waals surface area contributed by atoms with Crippen LogP contribution in [0.25, 0.3) is 0 Å². The van der Waals surface area contributed by atoms with Crippen molar-refractivity contribution in [3.8, 4) is 0 Å². The van der Waals surface area contributed by atoms with Gasteiger partial charge >= 0.3 is 0 Å². The first-order valence-corrected chi connectivity index (χ1v) is 10.9. The molecule has 1 aliphatic heterocycles. The first-order chi connectivity index (χ1) is 13.4. The van der Waals surface area contributed by atoms with E-state index in [1.165, 1.54) is 0 Å². The van der Waals surface area contributed by atoms with Gasteiger partial charge in [-0.25, -0.2) is 8.42 Å². The zero-order valence-corrected chi connectivity index (χ0v) is 16.9. The summed E-state index contributed by atoms with van der Waals surface area (Å²) in [5.41, 5.74) is 2.68. The minimum atomic E-state index is -3.62. The Hall–Kier alpha value is -2.67. The monoisotopic (exact) mass is 399 g/mol. The smallest absolute Gasteiger partial charge is 0.263 e. The van der Waals surface area contributed by atoms with Gasteiger partial charge in [0, 0.05) is 12.1 Å². The van der Waals surface area contributed by atoms with Crippen molar-refractivity contribution in [3.05, 3.63) is 65.2 Å². The van der Waals surface area contributed by atoms with Gasteiger partial charge < -0.3 is 5.32 Å². The number of fused-ring (bicyclic) bond motifs is 1. The molecule has 0 aliphatic carbocycles. The molecule has 1 amide bonds. The van der Waals surface area contributed by atoms with Gasteiger partial charge in [-0.2, -0.15) is 0 Å². The molecule has 1 atom stereocenters. The van der Waals surface area contributed by atoms with Gasteiger partial charge in [0.05, 0.1) is 4.90 Å². The van der Waals surface area contributed by atoms with Crippen LogP contribution in [0.3, 0.4) is 0 Å². The van der Waals surface area contributed by atoms with Crippen molar-refractivity contribution in [1.82, 2.24) is 10.0 Å². The fourth-order valence-corrected chi connectivity index (χ4v) is 4.29. The first kappa shape index (κ1) is 20.1. The van der Waals surface area contributed by atoms with Crippen LogP contribution in [0, 0.1) is 6.92 Å². The summed E-state index contributed by atoms with van der Waals surface area (Å²) in [4.78, 5) is 17.4. The highest BCUT2D eigenvalue weighted by Gasteiger charge is 2.31. The Kier molecular flexibility index (Phi) is 6.14. The third kappa shape index (κ3) is 4.59. The Morgan fingerprint density at radius 1 is 1.14 bits per heavy atom. The molecule has 0 saturated heterocycles. The van der Waals surface area contributed by atoms with Crippen molar-refractivity contribution < 1.29 is 13.2 Å². The van der Waals surface area contributed by atoms with Gasteiger partial charge in [0.25, 0.3) is 10.0 Å². The number of hydrogen-bond donors (Lipinski definition) is 2. The number of amides is 1. The molecule has 28 heavy (non-hydrogen) atoms. The Bertz CT molecular complexity index is 982. The fourth-order valence-electron chi connectivity index (χ4n) is 3.05. The van der Waals surface area contributed by atoms with E-state index < -0.39 is 16.1 Å². The second-order valence-corrected chi connectivity index (χ2v) is 8.59. The van der Waals surface area contributed by atoms with Gasteiger partial charge in [0.2, 0.25) is 5.91 Å². The molecule has 2 N–H and O–H groups in total. The zero-order valence-electron chi connectivity index (χ0n) is 16.1. The maximum absolute atomic E-state index is 12.8. The molecule has 2 aromatic rings. The van der Waals surface area contributed by atoms with Crippen molar-refractivity contribution in [2.75, 3.05) is 0 Å². The summed E-state index contributed by atoms with van der Waals surface area (Å²) < 4.78 is 27.0. The molecule has 3 rings (SSSR count). The molecule has 0 radical (unpaired) electrons. The predicted molar refractivity (Wildman–Crippen MR) is 110 cm³/mol. The number of rotatable bonds is 7. The molecular weight excluding hydrogens is 374 g/mol. The first-order valence-electron chi connectivity index (χ1n) is 9.44. The molecule has 0 spiro atoms. The summed E-state index contributed by atoms with van der Waals surface area (Å²) in [6.45, 7) is 4.47. The maximum Gasteiger partial charge on any atom is 0.263 e. The van der Waals surface area contributed by atoms with Gasteiger partial charge in [-0.1, -0.05) is 61.7 Å². The molecule has 0 fully saturated rings. The van der Waals surface area contributed by atoms with Crippen LogP contribution in [0.15, 0.2) is 58.4 Å². The summed E-state index contributed by atoms with van der Waals surface area (Å²) in [7, 11) is -3.62. The summed E-state index contributed by atoms with van der Waals surface area (Å²) >= 11 is 0. The number of carbonyl (C=O) groups excluding carboxylic acids is 1. The van der Waals surface area contributed by atoms with Crippen LogP contribution in [0.4, 0.5) is 0 Å². The third-order valence-corrected chi connectivity index (χ3v) is 6.07. The van der Waals surface area contributed by atoms with Crippen molar-refractivity contribution in [1.29, 1.82) is 0 Å². The number of aliphatic imine (C=N–C) groups is 1. The minimum absolute atomic E-state index is 0.197. The van der Waals surface area contributed by atoms with Crippen LogP contribution < -0.4 is 10.0 Å². The second kappa shape index (κ2) is 8.56. The van der Waals surface area contributed by atoms with Gasteiger partial charge in [0.15, 0.2) is 0 Å². The topological polar surface area (TPSA) is 87.6 Å². The largest absolute Gasteiger partial charge is 0.350 e. The van der Waals surface area contributed by atoms with E-state index in [4.69, 9.17) is 0 Å². The molecule has 1 heterocycles. The van der Waals surface area contributed by atoms with E-state index in [0.717, 1.165) is 24.0 Å². The minimum Gasteiger partial charge on any atom is -0.350 e. The SMILES string of the molecule is CCCCC(N=C1NS(=O)(=O)c2ccccc21)C(=O)NCc1ccc(C)cc1. The van der Waals surface area contributed by atoms with Crippen LogP contribution in [-0.4, -0.2) is 26.2 Å². The molecule has 2 aromatic carbocycles. The quantitative estimate of drug-likeness (QED) is 0.750. The molecule has 0 saturated carbocycles. The van der Waals surface area contributed by atoms with E-state index in [0.29, 0.717) is 18.5 Å². The molecule has 0 bridgehead atoms. The highest BCUT2D eigenvalue weighted by molar-refractivity contribution is 7.90. The molecular formula is C21H25N3O3S. The van der Waals surface area contributed by atoms with E-state index in [1.54, 1.807) is 24.3 Å². The van der Waals surface area contributed by atoms with E-state index in [9.17, 15) is 13.2 Å². The lowest BCUT2D eigenvalue weighted by Crippen LogP contribution is -2.35. The molecule has 148 valence electrons. The third-order valence-electron chi connectivity index (χ3n) is 4.67. The van der Waals surface area contributed by atoms with Crippen LogP contribution >= 0.6 is 0 Å². The second-order valence-electron chi connectivity index (χ2n) is 6.94. The Morgan fingerprint density at radius 2 is 1.86 bits per heavy atom. The number of benzene rings is 2. The summed E-state index contributed by atoms with van der Waals surface area (Å²) in [5, 5.41) is 2.92. The highest BCUT2D eigenvalue weighted by Crippen LogP contribution is 2.23. The average molecular weight is 400 g/mol. The van der Waals surface area contributed by atoms with Gasteiger partial charge in [-0.3, -0.25) is 14.5 Å². The van der Waals surface area contributed by atoms with Gasteiger partial charge in [-0.15, -0.1) is 0 Å². The summed E-state index contributed by atoms with van der Waals surface area (Å²) in [5.74, 6) is 0.0345. The van der Waals surface area contributed by atoms with Crippen LogP contribution in [0.1, 0.15) is 42.9 Å². The van der Waals surface area contributed by atoms with Gasteiger partial charge in [-0.05, 0) is 31.0 Å². The van der Waals surface area contributed by atoms with Crippen molar-refractivity contribution in [2.45, 2.75) is 50.6 Å². The maximum atomic E-state index is 12.8. The fraction of sp³-hybridized carbons (Fsp3) is 0.333. The number of amidine groups is 1. The molecule has 7 heteroatoms. The normalized spacial score (nSPS) is 17.0. The zero-order chi connectivity index (χ0) is 20.1. The molecule has 6 nitrogen and oxygen atoms in total. The lowest BCUT2D eigenvalue weighted by molar-refractivity contribution is -0.122. The van der Waals surface area contributed by atoms with Crippen LogP contribution in [0.5, 0.6) is 0 Å². The molecule has 1 unspecified atom stereocenters. The lowest BCUT2D eigenvalue weighted by Gasteiger charge is -2.14. The number of nitrogens with one attached hydrogen (secondary N) is 2. The van der Waals surface area contributed by atoms with E-state index in [1.807, 2.05) is 38.1 Å². The van der Waals surface area contributed by atoms with Crippen molar-refractivity contribution >= 4 is 21.8 Å². The molecule has 1 aliphatic rings. The Labute approximate surface area is 166 Å². The van der Waals surface area contributed by atoms with Gasteiger partial charge in [0.1, 0.15) is 11.9 Å². The Morgan fingerprint density at radius 3 is 2.57 bits per heavy atom.